The number of unbranched alkanes of at least 4 members (excludes halogenated alkanes) is 3. The number of hydrogen-bond donors (Lipinski definition) is 0. The molecule has 0 unspecified atom stereocenters. The van der Waals surface area contributed by atoms with E-state index in [0.29, 0.717) is 46.1 Å². The first-order valence-electron chi connectivity index (χ1n) is 15.9. The lowest BCUT2D eigenvalue weighted by atomic mass is 10.0. The molecule has 0 bridgehead atoms. The summed E-state index contributed by atoms with van der Waals surface area (Å²) < 4.78 is 40.0. The van der Waals surface area contributed by atoms with Crippen LogP contribution in [-0.2, 0) is 36.9 Å². The Morgan fingerprint density at radius 3 is 2.48 bits per heavy atom. The maximum Gasteiger partial charge on any atom is 0.410 e. The molecule has 244 valence electrons. The Bertz CT molecular complexity index is 1170. The second-order valence-corrected chi connectivity index (χ2v) is 18.8. The summed E-state index contributed by atoms with van der Waals surface area (Å²) in [5.74, 6) is 1.000. The maximum atomic E-state index is 12.4. The van der Waals surface area contributed by atoms with Crippen LogP contribution in [0.2, 0.25) is 25.7 Å². The number of carbonyl (C=O) groups excluding carboxylic acids is 1. The Morgan fingerprint density at radius 1 is 0.909 bits per heavy atom. The SMILES string of the molecule is CC1(C)OCc2cc([C@@H]3CN(CCCCCCOCCOCc4ccc(OCOCC[Si](C)(C)C)cc4)C(=O)O3)ccc2O1. The number of hydrogen-bond acceptors (Lipinski definition) is 8. The fourth-order valence-electron chi connectivity index (χ4n) is 4.92. The van der Waals surface area contributed by atoms with Crippen molar-refractivity contribution in [3.8, 4) is 11.5 Å². The molecule has 2 heterocycles. The smallest absolute Gasteiger partial charge is 0.410 e. The van der Waals surface area contributed by atoms with Gasteiger partial charge in [-0.05, 0) is 54.3 Å². The molecule has 0 spiro atoms. The van der Waals surface area contributed by atoms with Crippen LogP contribution in [0.4, 0.5) is 4.79 Å². The van der Waals surface area contributed by atoms with E-state index < -0.39 is 13.9 Å². The summed E-state index contributed by atoms with van der Waals surface area (Å²) >= 11 is 0. The van der Waals surface area contributed by atoms with Crippen LogP contribution in [0.3, 0.4) is 0 Å². The number of benzene rings is 2. The lowest BCUT2D eigenvalue weighted by Gasteiger charge is -2.32. The fraction of sp³-hybridized carbons (Fsp3) is 0.618. The lowest BCUT2D eigenvalue weighted by molar-refractivity contribution is -0.180. The fourth-order valence-corrected chi connectivity index (χ4v) is 5.68. The van der Waals surface area contributed by atoms with Gasteiger partial charge in [-0.3, -0.25) is 0 Å². The first-order valence-corrected chi connectivity index (χ1v) is 19.7. The van der Waals surface area contributed by atoms with E-state index in [4.69, 9.17) is 33.2 Å². The average Bonchev–Trinajstić information content (AvgIpc) is 3.35. The van der Waals surface area contributed by atoms with E-state index in [2.05, 4.69) is 19.6 Å². The summed E-state index contributed by atoms with van der Waals surface area (Å²) in [5, 5.41) is 0. The van der Waals surface area contributed by atoms with Crippen LogP contribution in [0.25, 0.3) is 0 Å². The van der Waals surface area contributed by atoms with E-state index in [1.165, 1.54) is 0 Å². The lowest BCUT2D eigenvalue weighted by Crippen LogP contribution is -2.35. The van der Waals surface area contributed by atoms with Crippen molar-refractivity contribution in [1.29, 1.82) is 0 Å². The molecule has 9 nitrogen and oxygen atoms in total. The van der Waals surface area contributed by atoms with Gasteiger partial charge < -0.3 is 38.1 Å². The van der Waals surface area contributed by atoms with Gasteiger partial charge in [-0.2, -0.15) is 0 Å². The number of ether oxygens (including phenoxy) is 7. The third-order valence-corrected chi connectivity index (χ3v) is 9.32. The largest absolute Gasteiger partial charge is 0.468 e. The van der Waals surface area contributed by atoms with Crippen LogP contribution < -0.4 is 9.47 Å². The molecular formula is C34H51NO8Si. The highest BCUT2D eigenvalue weighted by molar-refractivity contribution is 6.76. The molecule has 4 rings (SSSR count). The summed E-state index contributed by atoms with van der Waals surface area (Å²) in [7, 11) is -1.07. The zero-order valence-electron chi connectivity index (χ0n) is 27.2. The van der Waals surface area contributed by atoms with Gasteiger partial charge in [-0.15, -0.1) is 0 Å². The molecule has 1 saturated heterocycles. The van der Waals surface area contributed by atoms with Crippen LogP contribution in [0.1, 0.15) is 62.3 Å². The van der Waals surface area contributed by atoms with Crippen LogP contribution >= 0.6 is 0 Å². The molecule has 0 aliphatic carbocycles. The number of fused-ring (bicyclic) bond motifs is 1. The van der Waals surface area contributed by atoms with Gasteiger partial charge in [0.1, 0.15) is 17.6 Å². The molecule has 2 aromatic rings. The molecule has 10 heteroatoms. The van der Waals surface area contributed by atoms with Gasteiger partial charge >= 0.3 is 6.09 Å². The maximum absolute atomic E-state index is 12.4. The standard InChI is InChI=1S/C34H51NO8Si/c1-34(2)41-25-29-22-28(12-15-31(29)43-34)32-23-35(33(36)42-32)16-8-6-7-9-17-37-18-19-38-24-27-10-13-30(14-11-27)40-26-39-20-21-44(3,4)5/h10-15,22,32H,6-9,16-21,23-26H2,1-5H3/t32-/m0/s1. The predicted molar refractivity (Wildman–Crippen MR) is 172 cm³/mol. The number of amides is 1. The van der Waals surface area contributed by atoms with Crippen molar-refractivity contribution in [3.05, 3.63) is 59.2 Å². The molecule has 2 aromatic carbocycles. The van der Waals surface area contributed by atoms with Crippen LogP contribution in [0.15, 0.2) is 42.5 Å². The van der Waals surface area contributed by atoms with E-state index >= 15 is 0 Å². The minimum absolute atomic E-state index is 0.244. The van der Waals surface area contributed by atoms with Gasteiger partial charge in [-0.25, -0.2) is 4.79 Å². The summed E-state index contributed by atoms with van der Waals surface area (Å²) in [5.41, 5.74) is 3.06. The van der Waals surface area contributed by atoms with Crippen molar-refractivity contribution >= 4 is 14.2 Å². The highest BCUT2D eigenvalue weighted by Crippen LogP contribution is 2.35. The topological polar surface area (TPSA) is 84.9 Å². The van der Waals surface area contributed by atoms with Gasteiger partial charge in [0.25, 0.3) is 0 Å². The van der Waals surface area contributed by atoms with Crippen LogP contribution in [0, 0.1) is 0 Å². The molecular weight excluding hydrogens is 578 g/mol. The van der Waals surface area contributed by atoms with Gasteiger partial charge in [0, 0.05) is 47.2 Å². The molecule has 2 aliphatic rings. The normalized spacial score (nSPS) is 17.7. The van der Waals surface area contributed by atoms with Crippen molar-refractivity contribution in [1.82, 2.24) is 4.90 Å². The quantitative estimate of drug-likeness (QED) is 0.0909. The Balaban J connectivity index is 0.980. The molecule has 1 amide bonds. The zero-order chi connectivity index (χ0) is 31.4. The molecule has 0 radical (unpaired) electrons. The molecule has 0 aromatic heterocycles. The van der Waals surface area contributed by atoms with Crippen molar-refractivity contribution in [2.45, 2.75) is 90.3 Å². The van der Waals surface area contributed by atoms with Crippen molar-refractivity contribution in [2.75, 3.05) is 46.3 Å². The molecule has 0 N–H and O–H groups in total. The summed E-state index contributed by atoms with van der Waals surface area (Å²) in [6, 6.07) is 15.0. The van der Waals surface area contributed by atoms with Gasteiger partial charge in [-0.1, -0.05) is 50.7 Å². The molecule has 2 aliphatic heterocycles. The zero-order valence-corrected chi connectivity index (χ0v) is 28.2. The molecule has 0 saturated carbocycles. The van der Waals surface area contributed by atoms with E-state index in [1.807, 2.05) is 56.3 Å². The van der Waals surface area contributed by atoms with E-state index in [-0.39, 0.29) is 19.0 Å². The Labute approximate surface area is 264 Å². The second-order valence-electron chi connectivity index (χ2n) is 13.2. The van der Waals surface area contributed by atoms with Gasteiger partial charge in [0.05, 0.1) is 33.0 Å². The Morgan fingerprint density at radius 2 is 1.68 bits per heavy atom. The number of nitrogens with zero attached hydrogens (tertiary/aromatic N) is 1. The number of rotatable bonds is 19. The van der Waals surface area contributed by atoms with Gasteiger partial charge in [0.2, 0.25) is 5.79 Å². The monoisotopic (exact) mass is 629 g/mol. The molecule has 1 atom stereocenters. The van der Waals surface area contributed by atoms with Crippen LogP contribution in [-0.4, -0.2) is 71.2 Å². The van der Waals surface area contributed by atoms with Crippen molar-refractivity contribution < 1.29 is 38.0 Å². The first-order chi connectivity index (χ1) is 21.1. The summed E-state index contributed by atoms with van der Waals surface area (Å²) in [6.45, 7) is 16.0. The van der Waals surface area contributed by atoms with E-state index in [0.717, 1.165) is 66.5 Å². The van der Waals surface area contributed by atoms with E-state index in [9.17, 15) is 4.79 Å². The van der Waals surface area contributed by atoms with E-state index in [1.54, 1.807) is 4.90 Å². The van der Waals surface area contributed by atoms with Gasteiger partial charge in [0.15, 0.2) is 6.79 Å². The first kappa shape index (κ1) is 34.2. The average molecular weight is 630 g/mol. The molecule has 44 heavy (non-hydrogen) atoms. The Hall–Kier alpha value is -2.63. The predicted octanol–water partition coefficient (Wildman–Crippen LogP) is 7.31. The van der Waals surface area contributed by atoms with Crippen LogP contribution in [0.5, 0.6) is 11.5 Å². The highest BCUT2D eigenvalue weighted by Gasteiger charge is 2.33. The minimum atomic E-state index is -1.07. The minimum Gasteiger partial charge on any atom is -0.468 e. The summed E-state index contributed by atoms with van der Waals surface area (Å²) in [6.07, 6.45) is 3.54. The van der Waals surface area contributed by atoms with Crippen molar-refractivity contribution in [3.63, 3.8) is 0 Å². The number of carbonyl (C=O) groups is 1. The third-order valence-electron chi connectivity index (χ3n) is 7.61. The number of cyclic esters (lactones) is 1. The Kier molecular flexibility index (Phi) is 12.9. The summed E-state index contributed by atoms with van der Waals surface area (Å²) in [4.78, 5) is 14.2. The van der Waals surface area contributed by atoms with Crippen molar-refractivity contribution in [2.24, 2.45) is 0 Å². The third kappa shape index (κ3) is 11.7. The highest BCUT2D eigenvalue weighted by atomic mass is 28.3. The molecule has 1 fully saturated rings. The second kappa shape index (κ2) is 16.6.